The molecule has 0 aliphatic carbocycles. The highest BCUT2D eigenvalue weighted by Crippen LogP contribution is 2.31. The molecule has 2 unspecified atom stereocenters. The van der Waals surface area contributed by atoms with Crippen molar-refractivity contribution in [1.82, 2.24) is 10.3 Å². The highest BCUT2D eigenvalue weighted by atomic mass is 19.4. The number of aliphatic hydroxyl groups is 2. The average Bonchev–Trinajstić information content (AvgIpc) is 2.64. The predicted molar refractivity (Wildman–Crippen MR) is 102 cm³/mol. The van der Waals surface area contributed by atoms with Crippen LogP contribution in [0.1, 0.15) is 25.5 Å². The van der Waals surface area contributed by atoms with Gasteiger partial charge in [0.05, 0.1) is 17.3 Å². The first-order valence-electron chi connectivity index (χ1n) is 8.98. The summed E-state index contributed by atoms with van der Waals surface area (Å²) in [6.07, 6.45) is -4.74. The molecule has 0 bridgehead atoms. The molecule has 0 fully saturated rings. The molecule has 2 aromatic rings. The minimum atomic E-state index is -4.82. The molecule has 162 valence electrons. The zero-order valence-corrected chi connectivity index (χ0v) is 16.1. The van der Waals surface area contributed by atoms with E-state index in [0.29, 0.717) is 17.1 Å². The average molecular weight is 426 g/mol. The van der Waals surface area contributed by atoms with Gasteiger partial charge in [0, 0.05) is 6.20 Å². The number of ether oxygens (including phenoxy) is 1. The number of fused-ring (bicyclic) bond motifs is 1. The van der Waals surface area contributed by atoms with E-state index in [4.69, 9.17) is 0 Å². The number of hydrogen-bond acceptors (Lipinski definition) is 7. The van der Waals surface area contributed by atoms with Crippen LogP contribution in [0.3, 0.4) is 0 Å². The van der Waals surface area contributed by atoms with E-state index >= 15 is 0 Å². The minimum absolute atomic E-state index is 0.185. The van der Waals surface area contributed by atoms with E-state index < -0.39 is 30.1 Å². The second-order valence-electron chi connectivity index (χ2n) is 7.29. The summed E-state index contributed by atoms with van der Waals surface area (Å²) in [6.45, 7) is 2.77. The summed E-state index contributed by atoms with van der Waals surface area (Å²) in [5, 5.41) is 26.8. The van der Waals surface area contributed by atoms with Gasteiger partial charge in [0.2, 0.25) is 5.91 Å². The van der Waals surface area contributed by atoms with Gasteiger partial charge in [-0.2, -0.15) is 0 Å². The lowest BCUT2D eigenvalue weighted by Crippen LogP contribution is -2.55. The fourth-order valence-electron chi connectivity index (χ4n) is 3.15. The number of hydrogen-bond donors (Lipinski definition) is 4. The second-order valence-corrected chi connectivity index (χ2v) is 7.29. The van der Waals surface area contributed by atoms with Crippen LogP contribution < -0.4 is 20.3 Å². The van der Waals surface area contributed by atoms with Crippen LogP contribution in [0.4, 0.5) is 24.7 Å². The number of aliphatic hydroxyl groups excluding tert-OH is 1. The van der Waals surface area contributed by atoms with Gasteiger partial charge in [0.1, 0.15) is 12.3 Å². The Bertz CT molecular complexity index is 900. The van der Waals surface area contributed by atoms with E-state index in [1.807, 2.05) is 0 Å². The third kappa shape index (κ3) is 5.17. The molecule has 11 heteroatoms. The molecule has 2 heterocycles. The van der Waals surface area contributed by atoms with Crippen molar-refractivity contribution in [2.75, 3.05) is 16.8 Å². The lowest BCUT2D eigenvalue weighted by atomic mass is 9.92. The smallest absolute Gasteiger partial charge is 0.406 e. The van der Waals surface area contributed by atoms with Crippen molar-refractivity contribution in [3.8, 4) is 5.75 Å². The summed E-state index contributed by atoms with van der Waals surface area (Å²) in [5.41, 5.74) is -0.597. The van der Waals surface area contributed by atoms with Crippen LogP contribution in [0.25, 0.3) is 0 Å². The van der Waals surface area contributed by atoms with Gasteiger partial charge in [-0.25, -0.2) is 4.98 Å². The highest BCUT2D eigenvalue weighted by Gasteiger charge is 2.35. The summed E-state index contributed by atoms with van der Waals surface area (Å²) in [5.74, 6) is -0.433. The van der Waals surface area contributed by atoms with Crippen LogP contribution in [0, 0.1) is 0 Å². The van der Waals surface area contributed by atoms with Crippen molar-refractivity contribution in [3.05, 3.63) is 48.2 Å². The molecule has 0 saturated carbocycles. The molecule has 4 N–H and O–H groups in total. The Morgan fingerprint density at radius 1 is 1.23 bits per heavy atom. The van der Waals surface area contributed by atoms with Crippen molar-refractivity contribution in [3.63, 3.8) is 0 Å². The van der Waals surface area contributed by atoms with Gasteiger partial charge >= 0.3 is 6.36 Å². The molecular formula is C19H21F3N4O4. The Labute approximate surface area is 170 Å². The van der Waals surface area contributed by atoms with Crippen LogP contribution in [-0.2, 0) is 4.79 Å². The molecule has 2 atom stereocenters. The summed E-state index contributed by atoms with van der Waals surface area (Å²) in [7, 11) is 0. The molecule has 0 radical (unpaired) electrons. The van der Waals surface area contributed by atoms with Gasteiger partial charge in [-0.15, -0.1) is 13.2 Å². The van der Waals surface area contributed by atoms with Crippen LogP contribution in [0.2, 0.25) is 0 Å². The molecular weight excluding hydrogens is 405 g/mol. The number of alkyl halides is 3. The van der Waals surface area contributed by atoms with E-state index in [1.54, 1.807) is 12.1 Å². The standard InChI is InChI=1S/C19H21F3N4O4/c1-18(2,29)15(11-5-7-12(8-6-11)30-19(20,21)22)25-17(28)26-10-14(27)24-13-4-3-9-23-16(13)26/h3-9,15,17,25,28-29H,10H2,1-2H3,(H,24,27). The third-order valence-corrected chi connectivity index (χ3v) is 4.41. The first-order valence-corrected chi connectivity index (χ1v) is 8.98. The van der Waals surface area contributed by atoms with Gasteiger partial charge in [-0.3, -0.25) is 10.1 Å². The number of anilines is 2. The molecule has 1 aliphatic heterocycles. The van der Waals surface area contributed by atoms with Crippen molar-refractivity contribution >= 4 is 17.4 Å². The Morgan fingerprint density at radius 3 is 2.50 bits per heavy atom. The fraction of sp³-hybridized carbons (Fsp3) is 0.368. The number of nitrogens with one attached hydrogen (secondary N) is 2. The van der Waals surface area contributed by atoms with E-state index in [-0.39, 0.29) is 12.5 Å². The lowest BCUT2D eigenvalue weighted by Gasteiger charge is -2.38. The van der Waals surface area contributed by atoms with Gasteiger partial charge in [-0.05, 0) is 43.7 Å². The van der Waals surface area contributed by atoms with Crippen LogP contribution in [0.5, 0.6) is 5.75 Å². The maximum atomic E-state index is 12.4. The normalized spacial score (nSPS) is 16.5. The molecule has 1 aliphatic rings. The highest BCUT2D eigenvalue weighted by molar-refractivity contribution is 6.00. The molecule has 30 heavy (non-hydrogen) atoms. The molecule has 1 amide bonds. The Morgan fingerprint density at radius 2 is 1.90 bits per heavy atom. The number of amides is 1. The predicted octanol–water partition coefficient (Wildman–Crippen LogP) is 2.12. The third-order valence-electron chi connectivity index (χ3n) is 4.41. The topological polar surface area (TPSA) is 107 Å². The van der Waals surface area contributed by atoms with Crippen molar-refractivity contribution in [2.24, 2.45) is 0 Å². The summed E-state index contributed by atoms with van der Waals surface area (Å²) in [6, 6.07) is 7.28. The Kier molecular flexibility index (Phi) is 5.88. The van der Waals surface area contributed by atoms with E-state index in [9.17, 15) is 28.2 Å². The zero-order chi connectivity index (χ0) is 22.1. The molecule has 1 aromatic carbocycles. The zero-order valence-electron chi connectivity index (χ0n) is 16.1. The molecule has 8 nitrogen and oxygen atoms in total. The largest absolute Gasteiger partial charge is 0.573 e. The number of aromatic nitrogens is 1. The van der Waals surface area contributed by atoms with E-state index in [1.165, 1.54) is 37.1 Å². The number of rotatable bonds is 6. The van der Waals surface area contributed by atoms with Gasteiger partial charge in [0.25, 0.3) is 0 Å². The SMILES string of the molecule is CC(C)(O)C(NC(O)N1CC(=O)Nc2cccnc21)c1ccc(OC(F)(F)F)cc1. The molecule has 3 rings (SSSR count). The molecule has 1 aromatic heterocycles. The van der Waals surface area contributed by atoms with Gasteiger partial charge < -0.3 is 25.2 Å². The number of nitrogens with zero attached hydrogens (tertiary/aromatic N) is 2. The maximum Gasteiger partial charge on any atom is 0.573 e. The monoisotopic (exact) mass is 426 g/mol. The number of pyridine rings is 1. The van der Waals surface area contributed by atoms with E-state index in [0.717, 1.165) is 12.1 Å². The van der Waals surface area contributed by atoms with Crippen LogP contribution in [-0.4, -0.2) is 46.0 Å². The first kappa shape index (κ1) is 21.8. The quantitative estimate of drug-likeness (QED) is 0.524. The van der Waals surface area contributed by atoms with Crippen molar-refractivity contribution in [1.29, 1.82) is 0 Å². The summed E-state index contributed by atoms with van der Waals surface area (Å²) in [4.78, 5) is 17.5. The van der Waals surface area contributed by atoms with E-state index in [2.05, 4.69) is 20.4 Å². The van der Waals surface area contributed by atoms with Crippen LogP contribution >= 0.6 is 0 Å². The van der Waals surface area contributed by atoms with Gasteiger partial charge in [-0.1, -0.05) is 12.1 Å². The summed E-state index contributed by atoms with van der Waals surface area (Å²) >= 11 is 0. The number of benzene rings is 1. The molecule has 0 spiro atoms. The van der Waals surface area contributed by atoms with Crippen molar-refractivity contribution < 1.29 is 32.9 Å². The first-order chi connectivity index (χ1) is 13.9. The fourth-order valence-corrected chi connectivity index (χ4v) is 3.15. The Balaban J connectivity index is 1.83. The second kappa shape index (κ2) is 8.09. The molecule has 0 saturated heterocycles. The number of halogens is 3. The number of carbonyl (C=O) groups is 1. The lowest BCUT2D eigenvalue weighted by molar-refractivity contribution is -0.274. The van der Waals surface area contributed by atoms with Gasteiger partial charge in [0.15, 0.2) is 12.2 Å². The van der Waals surface area contributed by atoms with Crippen molar-refractivity contribution in [2.45, 2.75) is 38.2 Å². The minimum Gasteiger partial charge on any atom is -0.406 e. The Hall–Kier alpha value is -2.89. The van der Waals surface area contributed by atoms with Crippen LogP contribution in [0.15, 0.2) is 42.6 Å². The number of carbonyl (C=O) groups excluding carboxylic acids is 1. The summed E-state index contributed by atoms with van der Waals surface area (Å²) < 4.78 is 41.0. The maximum absolute atomic E-state index is 12.4.